The van der Waals surface area contributed by atoms with Crippen molar-refractivity contribution in [2.75, 3.05) is 0 Å². The molecule has 6 aromatic carbocycles. The van der Waals surface area contributed by atoms with Crippen LogP contribution in [0.1, 0.15) is 0 Å². The minimum atomic E-state index is 0.784. The standard InChI is InChI=1S/C46H26N4O2S/c1-3-9-37-31(7-1)33-25-29(15-17-39(33)49(37)27-13-19-41-35(23-27)45-42(52-41)11-5-21-47-45)51-30-16-18-40-34(26-30)32-8-2-4-10-38(32)50(40)28-14-20-43-36(24-28)46-44(53-43)12-6-22-48-46/h1-26H. The molecular formula is C46H26N4O2S. The van der Waals surface area contributed by atoms with E-state index in [1.165, 1.54) is 20.2 Å². The molecule has 6 nitrogen and oxygen atoms in total. The molecule has 0 radical (unpaired) electrons. The summed E-state index contributed by atoms with van der Waals surface area (Å²) in [6.07, 6.45) is 3.69. The van der Waals surface area contributed by atoms with Crippen LogP contribution in [0, 0.1) is 0 Å². The van der Waals surface area contributed by atoms with Gasteiger partial charge in [-0.3, -0.25) is 9.97 Å². The summed E-state index contributed by atoms with van der Waals surface area (Å²) in [6.45, 7) is 0. The van der Waals surface area contributed by atoms with Crippen LogP contribution < -0.4 is 4.74 Å². The van der Waals surface area contributed by atoms with Crippen LogP contribution in [0.3, 0.4) is 0 Å². The van der Waals surface area contributed by atoms with E-state index >= 15 is 0 Å². The van der Waals surface area contributed by atoms with E-state index in [1.54, 1.807) is 11.3 Å². The maximum atomic E-state index is 6.67. The van der Waals surface area contributed by atoms with Gasteiger partial charge in [0, 0.05) is 60.8 Å². The maximum Gasteiger partial charge on any atom is 0.153 e. The Labute approximate surface area is 305 Å². The van der Waals surface area contributed by atoms with Crippen molar-refractivity contribution < 1.29 is 9.15 Å². The Morgan fingerprint density at radius 3 is 1.75 bits per heavy atom. The fourth-order valence-corrected chi connectivity index (χ4v) is 9.22. The minimum Gasteiger partial charge on any atom is -0.457 e. The molecule has 12 aromatic rings. The van der Waals surface area contributed by atoms with Crippen LogP contribution in [-0.2, 0) is 0 Å². The second kappa shape index (κ2) is 10.8. The first-order valence-electron chi connectivity index (χ1n) is 17.5. The van der Waals surface area contributed by atoms with E-state index in [0.29, 0.717) is 0 Å². The molecule has 0 spiro atoms. The molecule has 0 N–H and O–H groups in total. The van der Waals surface area contributed by atoms with E-state index in [4.69, 9.17) is 14.1 Å². The number of benzene rings is 6. The number of rotatable bonds is 4. The molecule has 0 aliphatic heterocycles. The third kappa shape index (κ3) is 4.19. The van der Waals surface area contributed by atoms with Crippen LogP contribution in [0.15, 0.2) is 162 Å². The lowest BCUT2D eigenvalue weighted by Crippen LogP contribution is -1.94. The summed E-state index contributed by atoms with van der Waals surface area (Å²) in [6, 6.07) is 51.0. The fraction of sp³-hybridized carbons (Fsp3) is 0. The van der Waals surface area contributed by atoms with Crippen LogP contribution in [0.25, 0.3) is 97.4 Å². The summed E-state index contributed by atoms with van der Waals surface area (Å²) >= 11 is 1.78. The third-order valence-electron chi connectivity index (χ3n) is 10.5. The monoisotopic (exact) mass is 698 g/mol. The molecule has 12 rings (SSSR count). The SMILES string of the molecule is c1cnc2c(c1)oc1ccc(-n3c4ccccc4c4cc(Oc5ccc6c(c5)c5ccccc5n6-c5ccc6sc7cccnc7c6c5)ccc43)cc12. The van der Waals surface area contributed by atoms with Crippen LogP contribution >= 0.6 is 11.3 Å². The van der Waals surface area contributed by atoms with Gasteiger partial charge in [0.2, 0.25) is 0 Å². The van der Waals surface area contributed by atoms with Crippen molar-refractivity contribution in [1.82, 2.24) is 19.1 Å². The molecule has 0 saturated heterocycles. The zero-order valence-electron chi connectivity index (χ0n) is 28.0. The number of pyridine rings is 2. The summed E-state index contributed by atoms with van der Waals surface area (Å²) < 4.78 is 19.8. The van der Waals surface area contributed by atoms with Gasteiger partial charge in [0.05, 0.1) is 32.3 Å². The molecule has 0 saturated carbocycles. The summed E-state index contributed by atoms with van der Waals surface area (Å²) in [5, 5.41) is 6.78. The van der Waals surface area contributed by atoms with E-state index < -0.39 is 0 Å². The molecule has 6 heterocycles. The van der Waals surface area contributed by atoms with Gasteiger partial charge >= 0.3 is 0 Å². The number of furan rings is 1. The average molecular weight is 699 g/mol. The zero-order valence-corrected chi connectivity index (χ0v) is 28.8. The number of nitrogens with zero attached hydrogens (tertiary/aromatic N) is 4. The maximum absolute atomic E-state index is 6.67. The zero-order chi connectivity index (χ0) is 34.6. The number of thiophene rings is 1. The molecular weight excluding hydrogens is 673 g/mol. The Bertz CT molecular complexity index is 3230. The van der Waals surface area contributed by atoms with Gasteiger partial charge in [0.15, 0.2) is 5.58 Å². The van der Waals surface area contributed by atoms with Gasteiger partial charge in [-0.1, -0.05) is 36.4 Å². The van der Waals surface area contributed by atoms with Crippen molar-refractivity contribution in [3.8, 4) is 22.9 Å². The lowest BCUT2D eigenvalue weighted by atomic mass is 10.1. The van der Waals surface area contributed by atoms with Crippen molar-refractivity contribution in [2.24, 2.45) is 0 Å². The molecule has 0 unspecified atom stereocenters. The highest BCUT2D eigenvalue weighted by Crippen LogP contribution is 2.40. The first-order valence-corrected chi connectivity index (χ1v) is 18.4. The molecule has 53 heavy (non-hydrogen) atoms. The molecule has 0 aliphatic rings. The lowest BCUT2D eigenvalue weighted by Gasteiger charge is -2.10. The lowest BCUT2D eigenvalue weighted by molar-refractivity contribution is 0.484. The van der Waals surface area contributed by atoms with E-state index in [0.717, 1.165) is 88.7 Å². The number of hydrogen-bond donors (Lipinski definition) is 0. The van der Waals surface area contributed by atoms with Gasteiger partial charge in [0.25, 0.3) is 0 Å². The van der Waals surface area contributed by atoms with Crippen LogP contribution in [-0.4, -0.2) is 19.1 Å². The molecule has 0 amide bonds. The van der Waals surface area contributed by atoms with E-state index in [2.05, 4.69) is 135 Å². The summed E-state index contributed by atoms with van der Waals surface area (Å²) in [4.78, 5) is 9.33. The summed E-state index contributed by atoms with van der Waals surface area (Å²) in [5.41, 5.74) is 10.2. The molecule has 0 fully saturated rings. The molecule has 248 valence electrons. The number of fused-ring (bicyclic) bond motifs is 12. The number of ether oxygens (including phenoxy) is 1. The van der Waals surface area contributed by atoms with Gasteiger partial charge in [-0.2, -0.15) is 0 Å². The van der Waals surface area contributed by atoms with E-state index in [-0.39, 0.29) is 0 Å². The molecule has 7 heteroatoms. The fourth-order valence-electron chi connectivity index (χ4n) is 8.17. The second-order valence-electron chi connectivity index (χ2n) is 13.4. The van der Waals surface area contributed by atoms with Gasteiger partial charge in [-0.25, -0.2) is 0 Å². The molecule has 6 aromatic heterocycles. The Hall–Kier alpha value is -6.96. The van der Waals surface area contributed by atoms with Crippen LogP contribution in [0.5, 0.6) is 11.5 Å². The highest BCUT2D eigenvalue weighted by atomic mass is 32.1. The summed E-state index contributed by atoms with van der Waals surface area (Å²) in [7, 11) is 0. The average Bonchev–Trinajstić information content (AvgIpc) is 3.95. The second-order valence-corrected chi connectivity index (χ2v) is 14.5. The van der Waals surface area contributed by atoms with Gasteiger partial charge in [-0.05, 0) is 109 Å². The molecule has 0 aliphatic carbocycles. The largest absolute Gasteiger partial charge is 0.457 e. The van der Waals surface area contributed by atoms with Crippen LogP contribution in [0.4, 0.5) is 0 Å². The Morgan fingerprint density at radius 2 is 1.04 bits per heavy atom. The number of para-hydroxylation sites is 2. The quantitative estimate of drug-likeness (QED) is 0.184. The van der Waals surface area contributed by atoms with Crippen molar-refractivity contribution in [3.05, 3.63) is 158 Å². The first kappa shape index (κ1) is 28.7. The Morgan fingerprint density at radius 1 is 0.434 bits per heavy atom. The summed E-state index contributed by atoms with van der Waals surface area (Å²) in [5.74, 6) is 1.57. The minimum absolute atomic E-state index is 0.784. The highest BCUT2D eigenvalue weighted by Gasteiger charge is 2.18. The first-order chi connectivity index (χ1) is 26.2. The van der Waals surface area contributed by atoms with Crippen molar-refractivity contribution in [2.45, 2.75) is 0 Å². The van der Waals surface area contributed by atoms with Gasteiger partial charge in [0.1, 0.15) is 22.6 Å². The predicted octanol–water partition coefficient (Wildman–Crippen LogP) is 12.7. The number of aromatic nitrogens is 4. The highest BCUT2D eigenvalue weighted by molar-refractivity contribution is 7.25. The third-order valence-corrected chi connectivity index (χ3v) is 11.6. The smallest absolute Gasteiger partial charge is 0.153 e. The topological polar surface area (TPSA) is 58.0 Å². The Kier molecular flexibility index (Phi) is 5.84. The number of hydrogen-bond acceptors (Lipinski definition) is 5. The van der Waals surface area contributed by atoms with Crippen molar-refractivity contribution in [1.29, 1.82) is 0 Å². The van der Waals surface area contributed by atoms with Gasteiger partial charge < -0.3 is 18.3 Å². The molecule has 0 atom stereocenters. The van der Waals surface area contributed by atoms with Crippen molar-refractivity contribution >= 4 is 97.3 Å². The van der Waals surface area contributed by atoms with Crippen molar-refractivity contribution in [3.63, 3.8) is 0 Å². The normalized spacial score (nSPS) is 12.2. The van der Waals surface area contributed by atoms with E-state index in [1.807, 2.05) is 36.7 Å². The molecule has 0 bridgehead atoms. The predicted molar refractivity (Wildman–Crippen MR) is 217 cm³/mol. The van der Waals surface area contributed by atoms with Crippen LogP contribution in [0.2, 0.25) is 0 Å². The van der Waals surface area contributed by atoms with E-state index in [9.17, 15) is 0 Å². The van der Waals surface area contributed by atoms with Gasteiger partial charge in [-0.15, -0.1) is 11.3 Å². The Balaban J connectivity index is 0.970.